The van der Waals surface area contributed by atoms with Gasteiger partial charge in [-0.2, -0.15) is 0 Å². The zero-order chi connectivity index (χ0) is 26.5. The van der Waals surface area contributed by atoms with Crippen LogP contribution in [-0.4, -0.2) is 71.8 Å². The highest BCUT2D eigenvalue weighted by Gasteiger charge is 2.44. The molecule has 3 heterocycles. The monoisotopic (exact) mass is 526 g/mol. The van der Waals surface area contributed by atoms with Crippen molar-refractivity contribution in [1.82, 2.24) is 9.80 Å². The number of ether oxygens (including phenoxy) is 1. The van der Waals surface area contributed by atoms with Gasteiger partial charge in [-0.15, -0.1) is 0 Å². The van der Waals surface area contributed by atoms with E-state index in [1.165, 1.54) is 30.5 Å². The van der Waals surface area contributed by atoms with Crippen LogP contribution in [0, 0.1) is 23.5 Å². The molecule has 0 radical (unpaired) electrons. The maximum Gasteiger partial charge on any atom is 0.320 e. The van der Waals surface area contributed by atoms with Crippen molar-refractivity contribution in [2.24, 2.45) is 11.8 Å². The van der Waals surface area contributed by atoms with E-state index in [1.807, 2.05) is 12.1 Å². The van der Waals surface area contributed by atoms with Gasteiger partial charge in [0.1, 0.15) is 17.7 Å². The molecule has 1 N–H and O–H groups in total. The van der Waals surface area contributed by atoms with Crippen molar-refractivity contribution >= 4 is 5.97 Å². The lowest BCUT2D eigenvalue weighted by Gasteiger charge is -2.39. The summed E-state index contributed by atoms with van der Waals surface area (Å²) < 4.78 is 31.5. The molecule has 2 aromatic carbocycles. The zero-order valence-corrected chi connectivity index (χ0v) is 22.1. The molecule has 1 aliphatic carbocycles. The third-order valence-electron chi connectivity index (χ3n) is 8.86. The molecule has 206 valence electrons. The first-order valence-corrected chi connectivity index (χ1v) is 14.2. The SMILES string of the molecule is Fc1ccccc1.O=C(O)C(CC1CC1)N1CCC(CN2CCC3(CC2)CC(c2ccc(F)cc2)CO3)C1. The number of carbonyl (C=O) groups is 1. The summed E-state index contributed by atoms with van der Waals surface area (Å²) in [6.07, 6.45) is 7.51. The number of carboxylic acids is 1. The average molecular weight is 527 g/mol. The lowest BCUT2D eigenvalue weighted by molar-refractivity contribution is -0.143. The first kappa shape index (κ1) is 27.2. The number of nitrogens with zero attached hydrogens (tertiary/aromatic N) is 2. The normalized spacial score (nSPS) is 26.2. The lowest BCUT2D eigenvalue weighted by Crippen LogP contribution is -2.46. The van der Waals surface area contributed by atoms with Gasteiger partial charge >= 0.3 is 5.97 Å². The van der Waals surface area contributed by atoms with Crippen LogP contribution in [0.25, 0.3) is 0 Å². The fourth-order valence-electron chi connectivity index (χ4n) is 6.43. The Bertz CT molecular complexity index is 1040. The van der Waals surface area contributed by atoms with E-state index in [0.29, 0.717) is 17.8 Å². The predicted molar refractivity (Wildman–Crippen MR) is 143 cm³/mol. The molecule has 3 aliphatic heterocycles. The quantitative estimate of drug-likeness (QED) is 0.512. The Morgan fingerprint density at radius 2 is 1.63 bits per heavy atom. The molecule has 3 saturated heterocycles. The summed E-state index contributed by atoms with van der Waals surface area (Å²) in [5.74, 6) is 0.590. The summed E-state index contributed by atoms with van der Waals surface area (Å²) in [5, 5.41) is 9.67. The van der Waals surface area contributed by atoms with Crippen LogP contribution in [0.5, 0.6) is 0 Å². The number of carboxylic acid groups (broad SMARTS) is 1. The van der Waals surface area contributed by atoms with Gasteiger partial charge in [0, 0.05) is 32.1 Å². The Kier molecular flexibility index (Phi) is 8.76. The molecule has 6 rings (SSSR count). The second kappa shape index (κ2) is 12.2. The summed E-state index contributed by atoms with van der Waals surface area (Å²) in [6.45, 7) is 5.77. The highest BCUT2D eigenvalue weighted by molar-refractivity contribution is 5.73. The van der Waals surface area contributed by atoms with Crippen molar-refractivity contribution in [2.75, 3.05) is 39.3 Å². The third kappa shape index (κ3) is 7.19. The van der Waals surface area contributed by atoms with Gasteiger partial charge in [-0.25, -0.2) is 8.78 Å². The van der Waals surface area contributed by atoms with E-state index in [-0.39, 0.29) is 23.3 Å². The van der Waals surface area contributed by atoms with Crippen molar-refractivity contribution in [3.05, 3.63) is 71.8 Å². The van der Waals surface area contributed by atoms with Crippen LogP contribution in [0.1, 0.15) is 56.4 Å². The molecule has 0 bridgehead atoms. The Balaban J connectivity index is 0.000000366. The number of hydrogen-bond donors (Lipinski definition) is 1. The van der Waals surface area contributed by atoms with E-state index in [0.717, 1.165) is 71.4 Å². The van der Waals surface area contributed by atoms with E-state index >= 15 is 0 Å². The number of aliphatic carboxylic acids is 1. The van der Waals surface area contributed by atoms with Crippen molar-refractivity contribution in [2.45, 2.75) is 62.5 Å². The predicted octanol–water partition coefficient (Wildman–Crippen LogP) is 5.57. The second-order valence-corrected chi connectivity index (χ2v) is 11.7. The summed E-state index contributed by atoms with van der Waals surface area (Å²) >= 11 is 0. The summed E-state index contributed by atoms with van der Waals surface area (Å²) in [5.41, 5.74) is 1.17. The zero-order valence-electron chi connectivity index (χ0n) is 22.1. The van der Waals surface area contributed by atoms with Gasteiger partial charge in [-0.3, -0.25) is 9.69 Å². The molecule has 3 unspecified atom stereocenters. The Hall–Kier alpha value is -2.35. The van der Waals surface area contributed by atoms with Crippen LogP contribution >= 0.6 is 0 Å². The molecule has 0 amide bonds. The van der Waals surface area contributed by atoms with E-state index < -0.39 is 5.97 Å². The van der Waals surface area contributed by atoms with Gasteiger partial charge < -0.3 is 14.7 Å². The van der Waals surface area contributed by atoms with Crippen molar-refractivity contribution in [1.29, 1.82) is 0 Å². The molecular weight excluding hydrogens is 486 g/mol. The topological polar surface area (TPSA) is 53.0 Å². The van der Waals surface area contributed by atoms with Gasteiger partial charge in [-0.05, 0) is 80.3 Å². The maximum absolute atomic E-state index is 13.2. The van der Waals surface area contributed by atoms with Crippen LogP contribution in [0.15, 0.2) is 54.6 Å². The molecule has 0 aromatic heterocycles. The number of rotatable bonds is 7. The van der Waals surface area contributed by atoms with Crippen molar-refractivity contribution in [3.8, 4) is 0 Å². The van der Waals surface area contributed by atoms with Gasteiger partial charge in [0.25, 0.3) is 0 Å². The van der Waals surface area contributed by atoms with Gasteiger partial charge in [0.2, 0.25) is 0 Å². The fourth-order valence-corrected chi connectivity index (χ4v) is 6.43. The molecule has 4 aliphatic rings. The molecule has 38 heavy (non-hydrogen) atoms. The summed E-state index contributed by atoms with van der Waals surface area (Å²) in [6, 6.07) is 14.6. The van der Waals surface area contributed by atoms with Crippen LogP contribution in [-0.2, 0) is 9.53 Å². The van der Waals surface area contributed by atoms with Crippen LogP contribution < -0.4 is 0 Å². The standard InChI is InChI=1S/C25H35FN2O3.C6H5F/c26-22-5-3-20(4-6-22)21-14-25(31-17-21)8-11-27(12-9-25)15-19-7-10-28(16-19)23(24(29)30)13-18-1-2-18;7-6-4-2-1-3-5-6/h3-6,18-19,21,23H,1-2,7-17H2,(H,29,30);1-5H. The van der Waals surface area contributed by atoms with Crippen molar-refractivity contribution < 1.29 is 23.4 Å². The molecule has 3 atom stereocenters. The van der Waals surface area contributed by atoms with E-state index in [4.69, 9.17) is 4.74 Å². The number of piperidine rings is 1. The van der Waals surface area contributed by atoms with E-state index in [1.54, 1.807) is 30.3 Å². The van der Waals surface area contributed by atoms with E-state index in [9.17, 15) is 18.7 Å². The molecular formula is C31H40F2N2O3. The molecule has 5 nitrogen and oxygen atoms in total. The largest absolute Gasteiger partial charge is 0.480 e. The van der Waals surface area contributed by atoms with Gasteiger partial charge in [0.15, 0.2) is 0 Å². The second-order valence-electron chi connectivity index (χ2n) is 11.7. The first-order chi connectivity index (χ1) is 18.4. The Labute approximate surface area is 224 Å². The van der Waals surface area contributed by atoms with Crippen molar-refractivity contribution in [3.63, 3.8) is 0 Å². The molecule has 7 heteroatoms. The highest BCUT2D eigenvalue weighted by Crippen LogP contribution is 2.43. The minimum Gasteiger partial charge on any atom is -0.480 e. The van der Waals surface area contributed by atoms with Crippen LogP contribution in [0.4, 0.5) is 8.78 Å². The maximum atomic E-state index is 13.2. The molecule has 1 saturated carbocycles. The minimum atomic E-state index is -0.637. The lowest BCUT2D eigenvalue weighted by atomic mass is 9.83. The summed E-state index contributed by atoms with van der Waals surface area (Å²) in [4.78, 5) is 16.5. The van der Waals surface area contributed by atoms with Gasteiger partial charge in [0.05, 0.1) is 12.2 Å². The number of benzene rings is 2. The third-order valence-corrected chi connectivity index (χ3v) is 8.86. The average Bonchev–Trinajstić information content (AvgIpc) is 3.48. The smallest absolute Gasteiger partial charge is 0.320 e. The van der Waals surface area contributed by atoms with Crippen LogP contribution in [0.2, 0.25) is 0 Å². The fraction of sp³-hybridized carbons (Fsp3) is 0.581. The minimum absolute atomic E-state index is 0.0179. The summed E-state index contributed by atoms with van der Waals surface area (Å²) in [7, 11) is 0. The van der Waals surface area contributed by atoms with E-state index in [2.05, 4.69) is 9.80 Å². The Morgan fingerprint density at radius 3 is 2.24 bits per heavy atom. The van der Waals surface area contributed by atoms with Gasteiger partial charge in [-0.1, -0.05) is 43.2 Å². The molecule has 2 aromatic rings. The highest BCUT2D eigenvalue weighted by atomic mass is 19.1. The number of hydrogen-bond acceptors (Lipinski definition) is 4. The first-order valence-electron chi connectivity index (χ1n) is 14.2. The Morgan fingerprint density at radius 1 is 0.947 bits per heavy atom. The number of likely N-dealkylation sites (tertiary alicyclic amines) is 2. The molecule has 4 fully saturated rings. The molecule has 1 spiro atoms. The number of halogens is 2. The van der Waals surface area contributed by atoms with Crippen LogP contribution in [0.3, 0.4) is 0 Å².